The zero-order valence-corrected chi connectivity index (χ0v) is 13.5. The summed E-state index contributed by atoms with van der Waals surface area (Å²) in [7, 11) is 1.55. The van der Waals surface area contributed by atoms with Gasteiger partial charge in [0.1, 0.15) is 11.4 Å². The van der Waals surface area contributed by atoms with Gasteiger partial charge in [-0.25, -0.2) is 9.36 Å². The molecule has 0 fully saturated rings. The van der Waals surface area contributed by atoms with Crippen LogP contribution in [0.5, 0.6) is 11.6 Å². The normalized spacial score (nSPS) is 10.9. The standard InChI is InChI=1S/C16H12Cl2N2O3/c1-19-14(9-2-5-11(21)6-3-9)15(22)20(16(19)23)10-4-7-12(17)13(18)8-10/h2-8,21-22H,1H3. The fourth-order valence-electron chi connectivity index (χ4n) is 2.39. The molecule has 0 aliphatic heterocycles. The minimum Gasteiger partial charge on any atom is -0.508 e. The van der Waals surface area contributed by atoms with Crippen molar-refractivity contribution in [3.05, 3.63) is 63.0 Å². The van der Waals surface area contributed by atoms with Crippen molar-refractivity contribution < 1.29 is 10.2 Å². The second kappa shape index (κ2) is 5.68. The molecule has 0 aliphatic carbocycles. The van der Waals surface area contributed by atoms with E-state index in [2.05, 4.69) is 0 Å². The summed E-state index contributed by atoms with van der Waals surface area (Å²) >= 11 is 11.9. The minimum atomic E-state index is -0.427. The van der Waals surface area contributed by atoms with E-state index in [1.54, 1.807) is 31.3 Å². The quantitative estimate of drug-likeness (QED) is 0.742. The second-order valence-electron chi connectivity index (χ2n) is 4.99. The highest BCUT2D eigenvalue weighted by atomic mass is 35.5. The van der Waals surface area contributed by atoms with Gasteiger partial charge >= 0.3 is 5.69 Å². The number of nitrogens with zero attached hydrogens (tertiary/aromatic N) is 2. The van der Waals surface area contributed by atoms with E-state index >= 15 is 0 Å². The van der Waals surface area contributed by atoms with Crippen LogP contribution in [-0.4, -0.2) is 19.3 Å². The topological polar surface area (TPSA) is 67.4 Å². The van der Waals surface area contributed by atoms with Crippen LogP contribution in [0.4, 0.5) is 0 Å². The Kier molecular flexibility index (Phi) is 3.83. The molecular formula is C16H12Cl2N2O3. The average molecular weight is 351 g/mol. The summed E-state index contributed by atoms with van der Waals surface area (Å²) in [6.45, 7) is 0. The largest absolute Gasteiger partial charge is 0.508 e. The molecule has 118 valence electrons. The Morgan fingerprint density at radius 3 is 2.22 bits per heavy atom. The molecule has 0 saturated heterocycles. The molecule has 0 bridgehead atoms. The molecule has 3 aromatic rings. The predicted octanol–water partition coefficient (Wildman–Crippen LogP) is 3.56. The first-order chi connectivity index (χ1) is 10.9. The van der Waals surface area contributed by atoms with E-state index in [1.807, 2.05) is 0 Å². The molecule has 0 spiro atoms. The summed E-state index contributed by atoms with van der Waals surface area (Å²) in [6, 6.07) is 10.8. The molecule has 0 unspecified atom stereocenters. The third kappa shape index (κ3) is 2.58. The molecule has 0 saturated carbocycles. The lowest BCUT2D eigenvalue weighted by molar-refractivity contribution is 0.442. The van der Waals surface area contributed by atoms with Crippen molar-refractivity contribution in [2.75, 3.05) is 0 Å². The van der Waals surface area contributed by atoms with Crippen LogP contribution in [0.1, 0.15) is 0 Å². The second-order valence-corrected chi connectivity index (χ2v) is 5.81. The van der Waals surface area contributed by atoms with Crippen molar-refractivity contribution in [2.24, 2.45) is 7.05 Å². The lowest BCUT2D eigenvalue weighted by Crippen LogP contribution is -2.21. The number of aromatic nitrogens is 2. The van der Waals surface area contributed by atoms with Gasteiger partial charge in [-0.15, -0.1) is 0 Å². The number of halogens is 2. The van der Waals surface area contributed by atoms with E-state index < -0.39 is 5.69 Å². The molecule has 23 heavy (non-hydrogen) atoms. The number of benzene rings is 2. The van der Waals surface area contributed by atoms with Crippen molar-refractivity contribution >= 4 is 23.2 Å². The molecule has 7 heteroatoms. The van der Waals surface area contributed by atoms with Gasteiger partial charge in [0, 0.05) is 12.6 Å². The Hall–Kier alpha value is -2.37. The number of aromatic hydroxyl groups is 2. The van der Waals surface area contributed by atoms with Gasteiger partial charge < -0.3 is 10.2 Å². The molecule has 0 aliphatic rings. The Balaban J connectivity index is 2.24. The zero-order chi connectivity index (χ0) is 16.7. The van der Waals surface area contributed by atoms with Crippen molar-refractivity contribution in [1.82, 2.24) is 9.13 Å². The average Bonchev–Trinajstić information content (AvgIpc) is 2.74. The van der Waals surface area contributed by atoms with Gasteiger partial charge in [0.05, 0.1) is 15.7 Å². The molecular weight excluding hydrogens is 339 g/mol. The van der Waals surface area contributed by atoms with Crippen molar-refractivity contribution in [3.63, 3.8) is 0 Å². The summed E-state index contributed by atoms with van der Waals surface area (Å²) in [5.41, 5.74) is 0.909. The van der Waals surface area contributed by atoms with Gasteiger partial charge in [-0.05, 0) is 42.5 Å². The Morgan fingerprint density at radius 1 is 0.957 bits per heavy atom. The number of rotatable bonds is 2. The summed E-state index contributed by atoms with van der Waals surface area (Å²) in [4.78, 5) is 12.5. The van der Waals surface area contributed by atoms with E-state index in [1.165, 1.54) is 22.8 Å². The minimum absolute atomic E-state index is 0.0992. The summed E-state index contributed by atoms with van der Waals surface area (Å²) in [6.07, 6.45) is 0. The van der Waals surface area contributed by atoms with E-state index in [-0.39, 0.29) is 16.7 Å². The van der Waals surface area contributed by atoms with Crippen LogP contribution in [-0.2, 0) is 7.05 Å². The highest BCUT2D eigenvalue weighted by Crippen LogP contribution is 2.32. The fourth-order valence-corrected chi connectivity index (χ4v) is 2.68. The van der Waals surface area contributed by atoms with E-state index in [0.29, 0.717) is 22.0 Å². The van der Waals surface area contributed by atoms with Crippen LogP contribution >= 0.6 is 23.2 Å². The van der Waals surface area contributed by atoms with Gasteiger partial charge in [-0.3, -0.25) is 4.57 Å². The first-order valence-corrected chi connectivity index (χ1v) is 7.41. The summed E-state index contributed by atoms with van der Waals surface area (Å²) in [5.74, 6) is -0.122. The third-order valence-corrected chi connectivity index (χ3v) is 4.28. The molecule has 1 heterocycles. The molecule has 2 aromatic carbocycles. The monoisotopic (exact) mass is 350 g/mol. The van der Waals surface area contributed by atoms with E-state index in [9.17, 15) is 15.0 Å². The van der Waals surface area contributed by atoms with Crippen LogP contribution in [0.3, 0.4) is 0 Å². The lowest BCUT2D eigenvalue weighted by atomic mass is 10.1. The molecule has 2 N–H and O–H groups in total. The smallest absolute Gasteiger partial charge is 0.335 e. The molecule has 5 nitrogen and oxygen atoms in total. The molecule has 0 atom stereocenters. The summed E-state index contributed by atoms with van der Waals surface area (Å²) in [5, 5.41) is 20.5. The fraction of sp³-hybridized carbons (Fsp3) is 0.0625. The number of hydrogen-bond donors (Lipinski definition) is 2. The Labute approximate surface area is 141 Å². The van der Waals surface area contributed by atoms with Gasteiger partial charge in [-0.2, -0.15) is 0 Å². The van der Waals surface area contributed by atoms with Crippen LogP contribution < -0.4 is 5.69 Å². The van der Waals surface area contributed by atoms with Crippen molar-refractivity contribution in [2.45, 2.75) is 0 Å². The van der Waals surface area contributed by atoms with Crippen molar-refractivity contribution in [1.29, 1.82) is 0 Å². The Bertz CT molecular complexity index is 943. The number of phenolic OH excluding ortho intramolecular Hbond substituents is 1. The Morgan fingerprint density at radius 2 is 1.61 bits per heavy atom. The number of phenols is 1. The first-order valence-electron chi connectivity index (χ1n) is 6.65. The maximum absolute atomic E-state index is 12.5. The molecule has 3 rings (SSSR count). The highest BCUT2D eigenvalue weighted by molar-refractivity contribution is 6.42. The SMILES string of the molecule is Cn1c(-c2ccc(O)cc2)c(O)n(-c2ccc(Cl)c(Cl)c2)c1=O. The van der Waals surface area contributed by atoms with Gasteiger partial charge in [0.25, 0.3) is 0 Å². The van der Waals surface area contributed by atoms with Crippen LogP contribution in [0.25, 0.3) is 16.9 Å². The maximum Gasteiger partial charge on any atom is 0.335 e. The van der Waals surface area contributed by atoms with Crippen molar-refractivity contribution in [3.8, 4) is 28.6 Å². The summed E-state index contributed by atoms with van der Waals surface area (Å²) < 4.78 is 2.47. The molecule has 0 amide bonds. The lowest BCUT2D eigenvalue weighted by Gasteiger charge is -2.06. The molecule has 0 radical (unpaired) electrons. The molecule has 1 aromatic heterocycles. The zero-order valence-electron chi connectivity index (χ0n) is 12.0. The maximum atomic E-state index is 12.5. The van der Waals surface area contributed by atoms with Crippen LogP contribution in [0, 0.1) is 0 Å². The van der Waals surface area contributed by atoms with E-state index in [4.69, 9.17) is 23.2 Å². The highest BCUT2D eigenvalue weighted by Gasteiger charge is 2.20. The predicted molar refractivity (Wildman–Crippen MR) is 89.8 cm³/mol. The first kappa shape index (κ1) is 15.5. The number of imidazole rings is 1. The van der Waals surface area contributed by atoms with Gasteiger partial charge in [0.2, 0.25) is 5.88 Å². The number of hydrogen-bond acceptors (Lipinski definition) is 3. The third-order valence-electron chi connectivity index (χ3n) is 3.54. The van der Waals surface area contributed by atoms with E-state index in [0.717, 1.165) is 4.57 Å². The van der Waals surface area contributed by atoms with Crippen LogP contribution in [0.15, 0.2) is 47.3 Å². The van der Waals surface area contributed by atoms with Gasteiger partial charge in [0.15, 0.2) is 0 Å². The van der Waals surface area contributed by atoms with Crippen LogP contribution in [0.2, 0.25) is 10.0 Å². The van der Waals surface area contributed by atoms with Gasteiger partial charge in [-0.1, -0.05) is 23.2 Å².